The van der Waals surface area contributed by atoms with Gasteiger partial charge in [0.15, 0.2) is 0 Å². The molecule has 33 heavy (non-hydrogen) atoms. The Labute approximate surface area is 197 Å². The van der Waals surface area contributed by atoms with Crippen LogP contribution >= 0.6 is 11.6 Å². The lowest BCUT2D eigenvalue weighted by molar-refractivity contribution is -0.137. The van der Waals surface area contributed by atoms with E-state index in [4.69, 9.17) is 11.6 Å². The first-order chi connectivity index (χ1) is 15.8. The molecule has 2 aliphatic heterocycles. The highest BCUT2D eigenvalue weighted by Gasteiger charge is 2.44. The monoisotopic (exact) mass is 475 g/mol. The molecule has 0 spiro atoms. The number of hydrogen-bond donors (Lipinski definition) is 0. The summed E-state index contributed by atoms with van der Waals surface area (Å²) in [5, 5.41) is 0.553. The van der Waals surface area contributed by atoms with Crippen molar-refractivity contribution in [2.24, 2.45) is 0 Å². The number of carbonyl (C=O) groups excluding carboxylic acids is 1. The number of likely N-dealkylation sites (tertiary alicyclic amines) is 1. The number of amides is 1. The van der Waals surface area contributed by atoms with Crippen molar-refractivity contribution in [1.29, 1.82) is 0 Å². The van der Waals surface area contributed by atoms with Crippen LogP contribution in [0.1, 0.15) is 48.5 Å². The van der Waals surface area contributed by atoms with Crippen molar-refractivity contribution in [2.75, 3.05) is 44.2 Å². The molecule has 0 saturated carbocycles. The van der Waals surface area contributed by atoms with E-state index in [-0.39, 0.29) is 18.9 Å². The zero-order valence-corrected chi connectivity index (χ0v) is 19.4. The predicted molar refractivity (Wildman–Crippen MR) is 123 cm³/mol. The molecule has 6 nitrogen and oxygen atoms in total. The van der Waals surface area contributed by atoms with Crippen LogP contribution in [0.5, 0.6) is 0 Å². The molecule has 0 radical (unpaired) electrons. The Balaban J connectivity index is 1.33. The molecule has 2 aromatic rings. The van der Waals surface area contributed by atoms with Gasteiger partial charge >= 0.3 is 0 Å². The fourth-order valence-electron chi connectivity index (χ4n) is 5.32. The lowest BCUT2D eigenvalue weighted by Crippen LogP contribution is -2.52. The van der Waals surface area contributed by atoms with Crippen LogP contribution in [0.2, 0.25) is 5.02 Å². The average Bonchev–Trinajstić information content (AvgIpc) is 3.37. The molecule has 2 fully saturated rings. The summed E-state index contributed by atoms with van der Waals surface area (Å²) in [6, 6.07) is 6.22. The summed E-state index contributed by atoms with van der Waals surface area (Å²) in [6.45, 7) is 4.37. The molecular weight excluding hydrogens is 448 g/mol. The highest BCUT2D eigenvalue weighted by Crippen LogP contribution is 2.38. The van der Waals surface area contributed by atoms with E-state index in [0.717, 1.165) is 24.4 Å². The number of nitrogens with zero attached hydrogens (tertiary/aromatic N) is 5. The largest absolute Gasteiger partial charge is 0.353 e. The van der Waals surface area contributed by atoms with Crippen molar-refractivity contribution in [2.45, 2.75) is 44.1 Å². The first-order valence-corrected chi connectivity index (χ1v) is 11.9. The second-order valence-corrected chi connectivity index (χ2v) is 9.78. The molecule has 3 heterocycles. The molecule has 9 heteroatoms. The number of anilines is 1. The summed E-state index contributed by atoms with van der Waals surface area (Å²) in [6.07, 6.45) is 3.47. The molecule has 2 saturated heterocycles. The highest BCUT2D eigenvalue weighted by atomic mass is 35.5. The number of aryl methyl sites for hydroxylation is 1. The lowest BCUT2D eigenvalue weighted by Gasteiger charge is -2.39. The standard InChI is InChI=1S/C24H28ClF2N5O/c1-16-2-7-19-20(16)22(29-15-28-19)30-10-12-31(13-11-30)23(33)21(17-3-5-18(25)6-4-17)32-9-8-24(26,27)14-32/h3-6,15-16,21H,2,7-14H2,1H3. The first kappa shape index (κ1) is 22.5. The van der Waals surface area contributed by atoms with E-state index < -0.39 is 18.5 Å². The molecule has 1 aromatic carbocycles. The quantitative estimate of drug-likeness (QED) is 0.671. The van der Waals surface area contributed by atoms with E-state index >= 15 is 0 Å². The van der Waals surface area contributed by atoms with Gasteiger partial charge in [0.25, 0.3) is 5.92 Å². The first-order valence-electron chi connectivity index (χ1n) is 11.6. The van der Waals surface area contributed by atoms with E-state index in [2.05, 4.69) is 21.8 Å². The minimum Gasteiger partial charge on any atom is -0.353 e. The Morgan fingerprint density at radius 3 is 2.52 bits per heavy atom. The number of piperazine rings is 1. The van der Waals surface area contributed by atoms with Crippen LogP contribution in [0.4, 0.5) is 14.6 Å². The molecule has 2 atom stereocenters. The fraction of sp³-hybridized carbons (Fsp3) is 0.542. The normalized spacial score (nSPS) is 23.6. The van der Waals surface area contributed by atoms with Gasteiger partial charge < -0.3 is 9.80 Å². The van der Waals surface area contributed by atoms with Crippen LogP contribution in [0.15, 0.2) is 30.6 Å². The van der Waals surface area contributed by atoms with Crippen molar-refractivity contribution in [3.63, 3.8) is 0 Å². The fourth-order valence-corrected chi connectivity index (χ4v) is 5.45. The van der Waals surface area contributed by atoms with Gasteiger partial charge in [-0.3, -0.25) is 9.69 Å². The van der Waals surface area contributed by atoms with Crippen molar-refractivity contribution in [3.8, 4) is 0 Å². The number of fused-ring (bicyclic) bond motifs is 1. The molecule has 3 aliphatic rings. The zero-order valence-electron chi connectivity index (χ0n) is 18.7. The third-order valence-electron chi connectivity index (χ3n) is 7.13. The number of alkyl halides is 2. The number of hydrogen-bond acceptors (Lipinski definition) is 5. The Morgan fingerprint density at radius 2 is 1.85 bits per heavy atom. The number of aromatic nitrogens is 2. The van der Waals surface area contributed by atoms with E-state index in [1.54, 1.807) is 40.4 Å². The van der Waals surface area contributed by atoms with Crippen LogP contribution in [-0.4, -0.2) is 70.9 Å². The van der Waals surface area contributed by atoms with Gasteiger partial charge in [0.05, 0.1) is 6.54 Å². The number of benzene rings is 1. The second-order valence-electron chi connectivity index (χ2n) is 9.34. The highest BCUT2D eigenvalue weighted by molar-refractivity contribution is 6.30. The van der Waals surface area contributed by atoms with Gasteiger partial charge in [-0.1, -0.05) is 30.7 Å². The van der Waals surface area contributed by atoms with Crippen LogP contribution in [-0.2, 0) is 11.2 Å². The minimum atomic E-state index is -2.77. The topological polar surface area (TPSA) is 52.6 Å². The van der Waals surface area contributed by atoms with Crippen molar-refractivity contribution in [3.05, 3.63) is 52.4 Å². The summed E-state index contributed by atoms with van der Waals surface area (Å²) >= 11 is 6.03. The van der Waals surface area contributed by atoms with Gasteiger partial charge in [-0.25, -0.2) is 18.7 Å². The van der Waals surface area contributed by atoms with Gasteiger partial charge in [0.2, 0.25) is 5.91 Å². The third-order valence-corrected chi connectivity index (χ3v) is 7.38. The Morgan fingerprint density at radius 1 is 1.12 bits per heavy atom. The maximum absolute atomic E-state index is 14.0. The number of carbonyl (C=O) groups is 1. The van der Waals surface area contributed by atoms with Gasteiger partial charge in [0.1, 0.15) is 18.2 Å². The maximum Gasteiger partial charge on any atom is 0.261 e. The van der Waals surface area contributed by atoms with Crippen LogP contribution < -0.4 is 4.90 Å². The molecular formula is C24H28ClF2N5O. The van der Waals surface area contributed by atoms with Crippen molar-refractivity contribution >= 4 is 23.3 Å². The third kappa shape index (κ3) is 4.43. The van der Waals surface area contributed by atoms with Crippen LogP contribution in [0.3, 0.4) is 0 Å². The number of rotatable bonds is 4. The van der Waals surface area contributed by atoms with Crippen LogP contribution in [0, 0.1) is 0 Å². The molecule has 2 unspecified atom stereocenters. The van der Waals surface area contributed by atoms with Gasteiger partial charge in [-0.05, 0) is 36.5 Å². The Hall–Kier alpha value is -2.32. The van der Waals surface area contributed by atoms with E-state index in [1.807, 2.05) is 0 Å². The maximum atomic E-state index is 14.0. The van der Waals surface area contributed by atoms with Gasteiger partial charge in [0, 0.05) is 55.4 Å². The Bertz CT molecular complexity index is 1030. The molecule has 5 rings (SSSR count). The van der Waals surface area contributed by atoms with Crippen molar-refractivity contribution in [1.82, 2.24) is 19.8 Å². The number of halogens is 3. The summed E-state index contributed by atoms with van der Waals surface area (Å²) in [5.74, 6) is -1.49. The molecule has 0 N–H and O–H groups in total. The SMILES string of the molecule is CC1CCc2ncnc(N3CCN(C(=O)C(c4ccc(Cl)cc4)N4CCC(F)(F)C4)CC3)c21. The minimum absolute atomic E-state index is 0.129. The summed E-state index contributed by atoms with van der Waals surface area (Å²) in [5.41, 5.74) is 3.06. The van der Waals surface area contributed by atoms with E-state index in [9.17, 15) is 13.6 Å². The average molecular weight is 476 g/mol. The Kier molecular flexibility index (Phi) is 5.99. The van der Waals surface area contributed by atoms with Crippen molar-refractivity contribution < 1.29 is 13.6 Å². The summed E-state index contributed by atoms with van der Waals surface area (Å²) in [7, 11) is 0. The van der Waals surface area contributed by atoms with E-state index in [1.165, 1.54) is 5.56 Å². The lowest BCUT2D eigenvalue weighted by atomic mass is 10.0. The van der Waals surface area contributed by atoms with Gasteiger partial charge in [-0.15, -0.1) is 0 Å². The second kappa shape index (κ2) is 8.80. The molecule has 1 aromatic heterocycles. The summed E-state index contributed by atoms with van der Waals surface area (Å²) < 4.78 is 28.0. The molecule has 1 amide bonds. The zero-order chi connectivity index (χ0) is 23.2. The molecule has 176 valence electrons. The van der Waals surface area contributed by atoms with E-state index in [0.29, 0.717) is 42.7 Å². The smallest absolute Gasteiger partial charge is 0.261 e. The van der Waals surface area contributed by atoms with Gasteiger partial charge in [-0.2, -0.15) is 0 Å². The predicted octanol–water partition coefficient (Wildman–Crippen LogP) is 3.91. The molecule has 0 bridgehead atoms. The summed E-state index contributed by atoms with van der Waals surface area (Å²) in [4.78, 5) is 28.3. The van der Waals surface area contributed by atoms with Crippen LogP contribution in [0.25, 0.3) is 0 Å². The molecule has 1 aliphatic carbocycles.